The Morgan fingerprint density at radius 3 is 2.59 bits per heavy atom. The van der Waals surface area contributed by atoms with Gasteiger partial charge >= 0.3 is 5.69 Å². The third-order valence-corrected chi connectivity index (χ3v) is 4.57. The van der Waals surface area contributed by atoms with E-state index in [0.29, 0.717) is 18.0 Å². The lowest BCUT2D eigenvalue weighted by Crippen LogP contribution is -2.30. The van der Waals surface area contributed by atoms with Crippen LogP contribution in [0.2, 0.25) is 0 Å². The van der Waals surface area contributed by atoms with E-state index in [0.717, 1.165) is 27.8 Å². The molecule has 0 aliphatic rings. The van der Waals surface area contributed by atoms with Crippen LogP contribution in [0.3, 0.4) is 0 Å². The molecule has 2 heterocycles. The summed E-state index contributed by atoms with van der Waals surface area (Å²) in [5.41, 5.74) is 2.16. The molecule has 4 rings (SSSR count). The molecule has 0 unspecified atom stereocenters. The first kappa shape index (κ1) is 18.6. The van der Waals surface area contributed by atoms with Gasteiger partial charge in [-0.2, -0.15) is 0 Å². The Labute approximate surface area is 166 Å². The predicted octanol–water partition coefficient (Wildman–Crippen LogP) is 3.51. The summed E-state index contributed by atoms with van der Waals surface area (Å²) in [6.07, 6.45) is 3.33. The number of rotatable bonds is 6. The van der Waals surface area contributed by atoms with Crippen molar-refractivity contribution in [2.24, 2.45) is 0 Å². The molecule has 0 saturated heterocycles. The number of aromatic nitrogens is 3. The number of hydrogen-bond acceptors (Lipinski definition) is 4. The maximum Gasteiger partial charge on any atom is 0.328 e. The van der Waals surface area contributed by atoms with E-state index < -0.39 is 11.2 Å². The van der Waals surface area contributed by atoms with E-state index in [1.807, 2.05) is 50.4 Å². The third-order valence-electron chi connectivity index (χ3n) is 4.57. The predicted molar refractivity (Wildman–Crippen MR) is 111 cm³/mol. The van der Waals surface area contributed by atoms with Crippen LogP contribution in [0.1, 0.15) is 11.1 Å². The van der Waals surface area contributed by atoms with Crippen molar-refractivity contribution in [2.75, 3.05) is 6.61 Å². The van der Waals surface area contributed by atoms with Crippen LogP contribution in [-0.4, -0.2) is 21.1 Å². The summed E-state index contributed by atoms with van der Waals surface area (Å²) in [6, 6.07) is 13.1. The lowest BCUT2D eigenvalue weighted by molar-refractivity contribution is 0.283. The smallest absolute Gasteiger partial charge is 0.328 e. The fourth-order valence-electron chi connectivity index (χ4n) is 3.17. The summed E-state index contributed by atoms with van der Waals surface area (Å²) < 4.78 is 13.5. The van der Waals surface area contributed by atoms with E-state index in [9.17, 15) is 9.59 Å². The molecule has 2 aromatic heterocycles. The molecule has 0 saturated carbocycles. The van der Waals surface area contributed by atoms with Gasteiger partial charge < -0.3 is 14.5 Å². The van der Waals surface area contributed by atoms with Crippen LogP contribution in [0.25, 0.3) is 10.9 Å². The van der Waals surface area contributed by atoms with Crippen LogP contribution in [0.5, 0.6) is 17.2 Å². The number of hydrogen-bond donors (Lipinski definition) is 2. The zero-order valence-corrected chi connectivity index (χ0v) is 16.2. The number of aryl methyl sites for hydroxylation is 2. The van der Waals surface area contributed by atoms with Crippen LogP contribution >= 0.6 is 0 Å². The minimum Gasteiger partial charge on any atom is -0.488 e. The Morgan fingerprint density at radius 1 is 0.931 bits per heavy atom. The largest absolute Gasteiger partial charge is 0.488 e. The second-order valence-corrected chi connectivity index (χ2v) is 6.91. The van der Waals surface area contributed by atoms with Crippen LogP contribution in [0.15, 0.2) is 64.4 Å². The maximum absolute atomic E-state index is 11.8. The van der Waals surface area contributed by atoms with E-state index in [1.54, 1.807) is 0 Å². The molecule has 29 heavy (non-hydrogen) atoms. The number of nitrogens with one attached hydrogen (secondary N) is 2. The van der Waals surface area contributed by atoms with Crippen molar-refractivity contribution in [3.8, 4) is 17.2 Å². The molecule has 2 N–H and O–H groups in total. The topological polar surface area (TPSA) is 89.1 Å². The van der Waals surface area contributed by atoms with Gasteiger partial charge in [0.2, 0.25) is 0 Å². The first-order valence-electron chi connectivity index (χ1n) is 9.28. The normalized spacial score (nSPS) is 11.0. The molecule has 7 heteroatoms. The molecule has 2 aromatic carbocycles. The Morgan fingerprint density at radius 2 is 1.76 bits per heavy atom. The van der Waals surface area contributed by atoms with E-state index in [1.165, 1.54) is 16.8 Å². The Kier molecular flexibility index (Phi) is 4.95. The molecule has 0 bridgehead atoms. The van der Waals surface area contributed by atoms with Crippen LogP contribution in [0, 0.1) is 13.8 Å². The van der Waals surface area contributed by atoms with Gasteiger partial charge in [0.25, 0.3) is 5.56 Å². The second-order valence-electron chi connectivity index (χ2n) is 6.91. The molecule has 4 aromatic rings. The van der Waals surface area contributed by atoms with Crippen molar-refractivity contribution in [1.82, 2.24) is 14.5 Å². The Balaban J connectivity index is 1.56. The first-order valence-corrected chi connectivity index (χ1v) is 9.28. The second kappa shape index (κ2) is 7.71. The standard InChI is InChI=1S/C22H21N3O4/c1-14-3-4-17(29-19-13-15(2)11-16-5-7-23-21(16)19)18(12-14)28-10-9-25-8-6-20(26)24-22(25)27/h3-8,11-13,23H,9-10H2,1-2H3,(H,24,26,27). The van der Waals surface area contributed by atoms with Crippen LogP contribution < -0.4 is 20.7 Å². The quantitative estimate of drug-likeness (QED) is 0.526. The van der Waals surface area contributed by atoms with E-state index in [-0.39, 0.29) is 6.61 Å². The molecule has 0 aliphatic heterocycles. The molecule has 0 atom stereocenters. The van der Waals surface area contributed by atoms with Gasteiger partial charge in [-0.1, -0.05) is 6.07 Å². The number of benzene rings is 2. The van der Waals surface area contributed by atoms with Crippen molar-refractivity contribution in [3.05, 3.63) is 86.8 Å². The number of nitrogens with zero attached hydrogens (tertiary/aromatic N) is 1. The van der Waals surface area contributed by atoms with Crippen molar-refractivity contribution < 1.29 is 9.47 Å². The fourth-order valence-corrected chi connectivity index (χ4v) is 3.17. The van der Waals surface area contributed by atoms with Crippen molar-refractivity contribution >= 4 is 10.9 Å². The van der Waals surface area contributed by atoms with Crippen molar-refractivity contribution in [2.45, 2.75) is 20.4 Å². The number of ether oxygens (including phenoxy) is 2. The fraction of sp³-hybridized carbons (Fsp3) is 0.182. The number of fused-ring (bicyclic) bond motifs is 1. The van der Waals surface area contributed by atoms with Gasteiger partial charge in [0.15, 0.2) is 17.2 Å². The van der Waals surface area contributed by atoms with E-state index in [2.05, 4.69) is 16.0 Å². The van der Waals surface area contributed by atoms with E-state index >= 15 is 0 Å². The molecular formula is C22H21N3O4. The Bertz CT molecular complexity index is 1280. The van der Waals surface area contributed by atoms with Crippen LogP contribution in [0.4, 0.5) is 0 Å². The summed E-state index contributed by atoms with van der Waals surface area (Å²) in [5, 5.41) is 1.08. The van der Waals surface area contributed by atoms with Gasteiger partial charge in [0.05, 0.1) is 12.1 Å². The summed E-state index contributed by atoms with van der Waals surface area (Å²) in [4.78, 5) is 28.4. The Hall–Kier alpha value is -3.74. The highest BCUT2D eigenvalue weighted by atomic mass is 16.5. The highest BCUT2D eigenvalue weighted by Gasteiger charge is 2.11. The summed E-state index contributed by atoms with van der Waals surface area (Å²) in [7, 11) is 0. The molecule has 148 valence electrons. The first-order chi connectivity index (χ1) is 14.0. The summed E-state index contributed by atoms with van der Waals surface area (Å²) >= 11 is 0. The molecule has 0 fully saturated rings. The van der Waals surface area contributed by atoms with Crippen molar-refractivity contribution in [1.29, 1.82) is 0 Å². The average Bonchev–Trinajstić information content (AvgIpc) is 3.14. The number of aromatic amines is 2. The molecule has 0 amide bonds. The molecule has 7 nitrogen and oxygen atoms in total. The summed E-state index contributed by atoms with van der Waals surface area (Å²) in [5.74, 6) is 1.89. The molecule has 0 spiro atoms. The van der Waals surface area contributed by atoms with Gasteiger partial charge in [-0.25, -0.2) is 4.79 Å². The van der Waals surface area contributed by atoms with Gasteiger partial charge in [-0.3, -0.25) is 14.3 Å². The SMILES string of the molecule is Cc1ccc(Oc2cc(C)cc3cc[nH]c23)c(OCCn2ccc(=O)[nH]c2=O)c1. The maximum atomic E-state index is 11.8. The zero-order valence-electron chi connectivity index (χ0n) is 16.2. The minimum atomic E-state index is -0.462. The van der Waals surface area contributed by atoms with Gasteiger partial charge in [0, 0.05) is 23.8 Å². The lowest BCUT2D eigenvalue weighted by Gasteiger charge is -2.15. The highest BCUT2D eigenvalue weighted by Crippen LogP contribution is 2.36. The average molecular weight is 391 g/mol. The highest BCUT2D eigenvalue weighted by molar-refractivity contribution is 5.86. The van der Waals surface area contributed by atoms with Crippen LogP contribution in [-0.2, 0) is 6.54 Å². The molecule has 0 aliphatic carbocycles. The lowest BCUT2D eigenvalue weighted by atomic mass is 10.1. The minimum absolute atomic E-state index is 0.248. The molecular weight excluding hydrogens is 370 g/mol. The summed E-state index contributed by atoms with van der Waals surface area (Å²) in [6.45, 7) is 4.54. The van der Waals surface area contributed by atoms with E-state index in [4.69, 9.17) is 9.47 Å². The van der Waals surface area contributed by atoms with Gasteiger partial charge in [-0.15, -0.1) is 0 Å². The van der Waals surface area contributed by atoms with Crippen molar-refractivity contribution in [3.63, 3.8) is 0 Å². The molecule has 0 radical (unpaired) electrons. The monoisotopic (exact) mass is 391 g/mol. The van der Waals surface area contributed by atoms with Gasteiger partial charge in [-0.05, 0) is 55.3 Å². The third kappa shape index (κ3) is 4.08. The number of H-pyrrole nitrogens is 2. The van der Waals surface area contributed by atoms with Gasteiger partial charge in [0.1, 0.15) is 6.61 Å². The zero-order chi connectivity index (χ0) is 20.4.